The van der Waals surface area contributed by atoms with E-state index in [1.54, 1.807) is 0 Å². The van der Waals surface area contributed by atoms with Gasteiger partial charge in [-0.15, -0.1) is 0 Å². The van der Waals surface area contributed by atoms with Crippen LogP contribution in [0.25, 0.3) is 16.9 Å². The van der Waals surface area contributed by atoms with Crippen LogP contribution < -0.4 is 0 Å². The van der Waals surface area contributed by atoms with Crippen molar-refractivity contribution in [2.24, 2.45) is 0 Å². The van der Waals surface area contributed by atoms with Crippen molar-refractivity contribution in [3.8, 4) is 16.9 Å². The van der Waals surface area contributed by atoms with Gasteiger partial charge in [0.25, 0.3) is 0 Å². The molecule has 3 nitrogen and oxygen atoms in total. The summed E-state index contributed by atoms with van der Waals surface area (Å²) in [6, 6.07) is 5.80. The first kappa shape index (κ1) is 16.4. The second-order valence-corrected chi connectivity index (χ2v) is 5.53. The summed E-state index contributed by atoms with van der Waals surface area (Å²) in [7, 11) is 0. The van der Waals surface area contributed by atoms with E-state index >= 15 is 0 Å². The molecule has 0 atom stereocenters. The lowest BCUT2D eigenvalue weighted by molar-refractivity contribution is 0.112. The van der Waals surface area contributed by atoms with Gasteiger partial charge in [-0.1, -0.05) is 6.07 Å². The highest BCUT2D eigenvalue weighted by molar-refractivity contribution is 9.10. The Hall–Kier alpha value is -2.48. The molecule has 0 fully saturated rings. The van der Waals surface area contributed by atoms with Crippen molar-refractivity contribution in [3.05, 3.63) is 69.8 Å². The third kappa shape index (κ3) is 2.62. The summed E-state index contributed by atoms with van der Waals surface area (Å²) in [6.07, 6.45) is 0.325. The van der Waals surface area contributed by atoms with Crippen LogP contribution in [0.15, 0.2) is 41.0 Å². The van der Waals surface area contributed by atoms with Crippen molar-refractivity contribution in [1.29, 1.82) is 0 Å². The molecule has 2 aromatic carbocycles. The molecule has 1 heterocycles. The van der Waals surface area contributed by atoms with E-state index in [0.717, 1.165) is 41.1 Å². The lowest BCUT2D eigenvalue weighted by Gasteiger charge is -2.05. The fourth-order valence-corrected chi connectivity index (χ4v) is 2.78. The van der Waals surface area contributed by atoms with Gasteiger partial charge in [-0.25, -0.2) is 22.2 Å². The average molecular weight is 399 g/mol. The van der Waals surface area contributed by atoms with Crippen molar-refractivity contribution in [2.75, 3.05) is 0 Å². The summed E-state index contributed by atoms with van der Waals surface area (Å²) in [5.74, 6) is -3.43. The van der Waals surface area contributed by atoms with Crippen LogP contribution in [0.5, 0.6) is 0 Å². The minimum atomic E-state index is -0.935. The predicted octanol–water partition coefficient (Wildman–Crippen LogP) is 4.67. The van der Waals surface area contributed by atoms with Crippen LogP contribution in [0, 0.1) is 23.3 Å². The molecule has 24 heavy (non-hydrogen) atoms. The lowest BCUT2D eigenvalue weighted by atomic mass is 10.1. The molecule has 0 spiro atoms. The monoisotopic (exact) mass is 398 g/mol. The molecule has 1 aromatic heterocycles. The van der Waals surface area contributed by atoms with Gasteiger partial charge in [0.05, 0.1) is 11.1 Å². The molecule has 0 aliphatic heterocycles. The molecule has 0 radical (unpaired) electrons. The largest absolute Gasteiger partial charge is 0.298 e. The molecule has 0 saturated heterocycles. The Balaban J connectivity index is 2.31. The van der Waals surface area contributed by atoms with Crippen LogP contribution >= 0.6 is 15.9 Å². The number of hydrogen-bond donors (Lipinski definition) is 0. The summed E-state index contributed by atoms with van der Waals surface area (Å²) in [6.45, 7) is 0. The van der Waals surface area contributed by atoms with E-state index < -0.39 is 28.8 Å². The lowest BCUT2D eigenvalue weighted by Crippen LogP contribution is -2.01. The van der Waals surface area contributed by atoms with Crippen LogP contribution in [0.1, 0.15) is 10.4 Å². The first-order chi connectivity index (χ1) is 11.4. The third-order valence-corrected chi connectivity index (χ3v) is 4.08. The van der Waals surface area contributed by atoms with Gasteiger partial charge in [0, 0.05) is 6.07 Å². The zero-order chi connectivity index (χ0) is 17.4. The molecule has 0 bridgehead atoms. The fraction of sp³-hybridized carbons (Fsp3) is 0. The molecule has 0 aliphatic carbocycles. The summed E-state index contributed by atoms with van der Waals surface area (Å²) in [5.41, 5.74) is -1.36. The number of aromatic nitrogens is 2. The molecule has 0 aliphatic rings. The van der Waals surface area contributed by atoms with Crippen molar-refractivity contribution >= 4 is 22.2 Å². The molecule has 0 amide bonds. The quantitative estimate of drug-likeness (QED) is 0.474. The SMILES string of the molecule is O=Cc1c(-c2c(F)cccc2F)nn(-c2cc(F)ccc2F)c1Br. The van der Waals surface area contributed by atoms with Gasteiger partial charge in [0.2, 0.25) is 0 Å². The minimum Gasteiger partial charge on any atom is -0.298 e. The van der Waals surface area contributed by atoms with Crippen LogP contribution in [0.2, 0.25) is 0 Å². The third-order valence-electron chi connectivity index (χ3n) is 3.32. The molecule has 0 N–H and O–H groups in total. The first-order valence-corrected chi connectivity index (χ1v) is 7.37. The fourth-order valence-electron chi connectivity index (χ4n) is 2.23. The zero-order valence-corrected chi connectivity index (χ0v) is 13.3. The topological polar surface area (TPSA) is 34.9 Å². The van der Waals surface area contributed by atoms with Crippen molar-refractivity contribution < 1.29 is 22.4 Å². The maximum atomic E-state index is 14.0. The van der Waals surface area contributed by atoms with E-state index in [1.807, 2.05) is 0 Å². The second kappa shape index (κ2) is 6.20. The number of rotatable bonds is 3. The molecule has 122 valence electrons. The molecular formula is C16H7BrF4N2O. The Morgan fingerprint density at radius 3 is 2.29 bits per heavy atom. The molecular weight excluding hydrogens is 392 g/mol. The van der Waals surface area contributed by atoms with Gasteiger partial charge in [0.1, 0.15) is 39.3 Å². The average Bonchev–Trinajstić information content (AvgIpc) is 2.86. The number of hydrogen-bond acceptors (Lipinski definition) is 2. The van der Waals surface area contributed by atoms with Gasteiger partial charge in [-0.2, -0.15) is 5.10 Å². The number of aldehydes is 1. The highest BCUT2D eigenvalue weighted by atomic mass is 79.9. The van der Waals surface area contributed by atoms with E-state index in [-0.39, 0.29) is 21.5 Å². The van der Waals surface area contributed by atoms with Crippen molar-refractivity contribution in [1.82, 2.24) is 9.78 Å². The van der Waals surface area contributed by atoms with Gasteiger partial charge >= 0.3 is 0 Å². The maximum absolute atomic E-state index is 14.0. The Kier molecular flexibility index (Phi) is 4.23. The highest BCUT2D eigenvalue weighted by Gasteiger charge is 2.24. The Morgan fingerprint density at radius 1 is 1.00 bits per heavy atom. The summed E-state index contributed by atoms with van der Waals surface area (Å²) < 4.78 is 56.1. The van der Waals surface area contributed by atoms with E-state index in [1.165, 1.54) is 0 Å². The van der Waals surface area contributed by atoms with Crippen molar-refractivity contribution in [3.63, 3.8) is 0 Å². The van der Waals surface area contributed by atoms with Crippen LogP contribution in [0.4, 0.5) is 17.6 Å². The summed E-state index contributed by atoms with van der Waals surface area (Å²) in [4.78, 5) is 11.3. The Morgan fingerprint density at radius 2 is 1.67 bits per heavy atom. The number of carbonyl (C=O) groups excluding carboxylic acids is 1. The number of nitrogens with zero attached hydrogens (tertiary/aromatic N) is 2. The smallest absolute Gasteiger partial charge is 0.155 e. The number of carbonyl (C=O) groups is 1. The van der Waals surface area contributed by atoms with Gasteiger partial charge < -0.3 is 0 Å². The molecule has 3 rings (SSSR count). The van der Waals surface area contributed by atoms with E-state index in [9.17, 15) is 22.4 Å². The highest BCUT2D eigenvalue weighted by Crippen LogP contribution is 2.33. The Bertz CT molecular complexity index is 935. The van der Waals surface area contributed by atoms with Crippen LogP contribution in [-0.2, 0) is 0 Å². The number of halogens is 5. The molecule has 8 heteroatoms. The maximum Gasteiger partial charge on any atom is 0.155 e. The Labute approximate surface area is 141 Å². The van der Waals surface area contributed by atoms with E-state index in [2.05, 4.69) is 21.0 Å². The van der Waals surface area contributed by atoms with Gasteiger partial charge in [-0.3, -0.25) is 4.79 Å². The predicted molar refractivity (Wildman–Crippen MR) is 81.9 cm³/mol. The van der Waals surface area contributed by atoms with Gasteiger partial charge in [-0.05, 0) is 40.2 Å². The van der Waals surface area contributed by atoms with E-state index in [0.29, 0.717) is 6.29 Å². The van der Waals surface area contributed by atoms with Crippen molar-refractivity contribution in [2.45, 2.75) is 0 Å². The normalized spacial score (nSPS) is 10.9. The van der Waals surface area contributed by atoms with Crippen LogP contribution in [-0.4, -0.2) is 16.1 Å². The zero-order valence-electron chi connectivity index (χ0n) is 11.7. The van der Waals surface area contributed by atoms with E-state index in [4.69, 9.17) is 0 Å². The molecule has 0 saturated carbocycles. The van der Waals surface area contributed by atoms with Gasteiger partial charge in [0.15, 0.2) is 6.29 Å². The molecule has 0 unspecified atom stereocenters. The summed E-state index contributed by atoms with van der Waals surface area (Å²) >= 11 is 3.04. The summed E-state index contributed by atoms with van der Waals surface area (Å²) in [5, 5.41) is 3.90. The molecule has 3 aromatic rings. The van der Waals surface area contributed by atoms with Crippen LogP contribution in [0.3, 0.4) is 0 Å². The number of benzene rings is 2. The second-order valence-electron chi connectivity index (χ2n) is 4.78. The standard InChI is InChI=1S/C16H7BrF4N2O/c17-16-9(7-24)15(14-11(20)2-1-3-12(14)21)22-23(16)13-6-8(18)4-5-10(13)19/h1-7H. The minimum absolute atomic E-state index is 0.0559. The first-order valence-electron chi connectivity index (χ1n) is 6.57.